The van der Waals surface area contributed by atoms with Gasteiger partial charge in [0, 0.05) is 53.1 Å². The molecule has 3 aromatic heterocycles. The second-order valence-electron chi connectivity index (χ2n) is 8.75. The monoisotopic (exact) mass is 474 g/mol. The summed E-state index contributed by atoms with van der Waals surface area (Å²) in [5, 5.41) is 0.472. The summed E-state index contributed by atoms with van der Waals surface area (Å²) in [4.78, 5) is 13.6. The Balaban J connectivity index is 1.47. The zero-order chi connectivity index (χ0) is 23.7. The predicted octanol–water partition coefficient (Wildman–Crippen LogP) is 6.27. The first kappa shape index (κ1) is 22.4. The van der Waals surface area contributed by atoms with Crippen molar-refractivity contribution in [2.24, 2.45) is 5.92 Å². The molecule has 6 nitrogen and oxygen atoms in total. The maximum absolute atomic E-state index is 6.02. The highest BCUT2D eigenvalue weighted by Gasteiger charge is 2.26. The lowest BCUT2D eigenvalue weighted by Crippen LogP contribution is -2.04. The number of hydrogen-bond acceptors (Lipinski definition) is 5. The minimum atomic E-state index is 0.443. The van der Waals surface area contributed by atoms with E-state index in [4.69, 9.17) is 26.1 Å². The highest BCUT2D eigenvalue weighted by molar-refractivity contribution is 6.29. The van der Waals surface area contributed by atoms with Crippen LogP contribution in [0.4, 0.5) is 0 Å². The Bertz CT molecular complexity index is 1300. The molecule has 1 aliphatic carbocycles. The molecule has 1 fully saturated rings. The fraction of sp³-hybridized carbons (Fsp3) is 0.296. The van der Waals surface area contributed by atoms with E-state index in [0.29, 0.717) is 17.7 Å². The van der Waals surface area contributed by atoms with Gasteiger partial charge in [-0.2, -0.15) is 0 Å². The van der Waals surface area contributed by atoms with Gasteiger partial charge in [0.05, 0.1) is 12.8 Å². The van der Waals surface area contributed by atoms with Crippen molar-refractivity contribution in [3.8, 4) is 34.1 Å². The second-order valence-corrected chi connectivity index (χ2v) is 9.14. The average molecular weight is 475 g/mol. The van der Waals surface area contributed by atoms with Crippen LogP contribution in [-0.4, -0.2) is 26.6 Å². The number of pyridine rings is 2. The van der Waals surface area contributed by atoms with Crippen LogP contribution in [0.25, 0.3) is 22.6 Å². The minimum absolute atomic E-state index is 0.443. The largest absolute Gasteiger partial charge is 0.496 e. The Kier molecular flexibility index (Phi) is 6.24. The van der Waals surface area contributed by atoms with Crippen molar-refractivity contribution in [1.29, 1.82) is 0 Å². The van der Waals surface area contributed by atoms with Crippen molar-refractivity contribution in [3.63, 3.8) is 0 Å². The molecule has 0 amide bonds. The smallest absolute Gasteiger partial charge is 0.142 e. The number of aromatic nitrogens is 4. The van der Waals surface area contributed by atoms with E-state index in [1.54, 1.807) is 19.4 Å². The van der Waals surface area contributed by atoms with Crippen molar-refractivity contribution >= 4 is 11.6 Å². The summed E-state index contributed by atoms with van der Waals surface area (Å²) in [6.45, 7) is 5.48. The third-order valence-corrected chi connectivity index (χ3v) is 6.37. The molecule has 174 valence electrons. The van der Waals surface area contributed by atoms with Gasteiger partial charge in [-0.25, -0.2) is 9.97 Å². The van der Waals surface area contributed by atoms with Crippen molar-refractivity contribution in [2.45, 2.75) is 39.8 Å². The molecule has 5 rings (SSSR count). The van der Waals surface area contributed by atoms with Gasteiger partial charge in [-0.05, 0) is 62.9 Å². The molecule has 0 bridgehead atoms. The third-order valence-electron chi connectivity index (χ3n) is 6.15. The topological polar surface area (TPSA) is 62.1 Å². The van der Waals surface area contributed by atoms with Crippen molar-refractivity contribution in [2.75, 3.05) is 7.11 Å². The number of ether oxygens (including phenoxy) is 2. The Morgan fingerprint density at radius 2 is 1.88 bits per heavy atom. The molecule has 4 aromatic rings. The van der Waals surface area contributed by atoms with Crippen molar-refractivity contribution < 1.29 is 9.47 Å². The summed E-state index contributed by atoms with van der Waals surface area (Å²) in [7, 11) is 1.67. The quantitative estimate of drug-likeness (QED) is 0.281. The number of halogens is 1. The molecule has 1 saturated carbocycles. The molecular formula is C27H27ClN4O2. The molecule has 0 N–H and O–H groups in total. The Morgan fingerprint density at radius 1 is 1.03 bits per heavy atom. The van der Waals surface area contributed by atoms with E-state index in [2.05, 4.69) is 21.5 Å². The molecule has 1 aliphatic rings. The maximum atomic E-state index is 6.02. The zero-order valence-electron chi connectivity index (χ0n) is 19.6. The molecule has 0 unspecified atom stereocenters. The van der Waals surface area contributed by atoms with Crippen LogP contribution in [0.15, 0.2) is 54.9 Å². The summed E-state index contributed by atoms with van der Waals surface area (Å²) < 4.78 is 14.1. The summed E-state index contributed by atoms with van der Waals surface area (Å²) in [6.07, 6.45) is 6.14. The second kappa shape index (κ2) is 9.47. The van der Waals surface area contributed by atoms with E-state index < -0.39 is 0 Å². The van der Waals surface area contributed by atoms with Crippen LogP contribution in [0.2, 0.25) is 5.15 Å². The minimum Gasteiger partial charge on any atom is -0.496 e. The van der Waals surface area contributed by atoms with Gasteiger partial charge in [-0.15, -0.1) is 0 Å². The fourth-order valence-corrected chi connectivity index (χ4v) is 4.12. The van der Waals surface area contributed by atoms with E-state index in [1.807, 2.05) is 49.5 Å². The molecule has 3 heterocycles. The van der Waals surface area contributed by atoms with E-state index in [-0.39, 0.29) is 0 Å². The first-order chi connectivity index (χ1) is 16.5. The van der Waals surface area contributed by atoms with Gasteiger partial charge in [0.1, 0.15) is 29.1 Å². The van der Waals surface area contributed by atoms with Gasteiger partial charge in [0.15, 0.2) is 0 Å². The molecule has 1 aromatic carbocycles. The summed E-state index contributed by atoms with van der Waals surface area (Å²) >= 11 is 6.02. The number of hydrogen-bond donors (Lipinski definition) is 0. The fourth-order valence-electron chi connectivity index (χ4n) is 4.01. The van der Waals surface area contributed by atoms with Gasteiger partial charge < -0.3 is 14.0 Å². The lowest BCUT2D eigenvalue weighted by Gasteiger charge is -2.12. The molecule has 0 saturated heterocycles. The predicted molar refractivity (Wildman–Crippen MR) is 133 cm³/mol. The summed E-state index contributed by atoms with van der Waals surface area (Å²) in [6, 6.07) is 13.7. The van der Waals surface area contributed by atoms with E-state index in [9.17, 15) is 0 Å². The van der Waals surface area contributed by atoms with Gasteiger partial charge in [-0.1, -0.05) is 17.7 Å². The summed E-state index contributed by atoms with van der Waals surface area (Å²) in [5.41, 5.74) is 5.89. The molecular weight excluding hydrogens is 448 g/mol. The van der Waals surface area contributed by atoms with E-state index in [0.717, 1.165) is 57.6 Å². The van der Waals surface area contributed by atoms with Crippen LogP contribution in [0, 0.1) is 19.8 Å². The van der Waals surface area contributed by atoms with E-state index in [1.165, 1.54) is 12.8 Å². The number of rotatable bonds is 8. The Hall–Kier alpha value is -3.38. The number of benzene rings is 1. The normalized spacial score (nSPS) is 13.2. The SMILES string of the molecule is COc1cc(OCc2ccc(C)nc2)ccc1-c1nc(-c2ccc(Cl)nc2)n(CC2CC2)c1C. The van der Waals surface area contributed by atoms with Crippen LogP contribution >= 0.6 is 11.6 Å². The maximum Gasteiger partial charge on any atom is 0.142 e. The number of imidazole rings is 1. The first-order valence-corrected chi connectivity index (χ1v) is 11.8. The Morgan fingerprint density at radius 3 is 2.56 bits per heavy atom. The molecule has 0 radical (unpaired) electrons. The first-order valence-electron chi connectivity index (χ1n) is 11.4. The lowest BCUT2D eigenvalue weighted by atomic mass is 10.1. The van der Waals surface area contributed by atoms with Crippen LogP contribution < -0.4 is 9.47 Å². The van der Waals surface area contributed by atoms with Gasteiger partial charge in [-0.3, -0.25) is 4.98 Å². The highest BCUT2D eigenvalue weighted by Crippen LogP contribution is 2.39. The highest BCUT2D eigenvalue weighted by atomic mass is 35.5. The van der Waals surface area contributed by atoms with Crippen LogP contribution in [-0.2, 0) is 13.2 Å². The number of methoxy groups -OCH3 is 1. The van der Waals surface area contributed by atoms with Crippen LogP contribution in [0.1, 0.15) is 29.8 Å². The standard InChI is InChI=1S/C27H27ClN4O2/c1-17-4-5-20(13-29-17)16-34-22-9-10-23(24(12-22)33-3)26-18(2)32(15-19-6-7-19)27(31-26)21-8-11-25(28)30-14-21/h4-5,8-14,19H,6-7,15-16H2,1-3H3. The Labute approximate surface area is 204 Å². The molecule has 34 heavy (non-hydrogen) atoms. The van der Waals surface area contributed by atoms with Gasteiger partial charge >= 0.3 is 0 Å². The van der Waals surface area contributed by atoms with E-state index >= 15 is 0 Å². The van der Waals surface area contributed by atoms with Gasteiger partial charge in [0.25, 0.3) is 0 Å². The zero-order valence-corrected chi connectivity index (χ0v) is 20.3. The molecule has 0 aliphatic heterocycles. The van der Waals surface area contributed by atoms with Gasteiger partial charge in [0.2, 0.25) is 0 Å². The number of nitrogens with zero attached hydrogens (tertiary/aromatic N) is 4. The summed E-state index contributed by atoms with van der Waals surface area (Å²) in [5.74, 6) is 3.06. The average Bonchev–Trinajstić information content (AvgIpc) is 3.62. The van der Waals surface area contributed by atoms with Crippen molar-refractivity contribution in [1.82, 2.24) is 19.5 Å². The third kappa shape index (κ3) is 4.77. The van der Waals surface area contributed by atoms with Crippen LogP contribution in [0.3, 0.4) is 0 Å². The molecule has 0 atom stereocenters. The number of aryl methyl sites for hydroxylation is 1. The lowest BCUT2D eigenvalue weighted by molar-refractivity contribution is 0.303. The molecule has 0 spiro atoms. The molecule has 7 heteroatoms. The van der Waals surface area contributed by atoms with Crippen molar-refractivity contribution in [3.05, 3.63) is 77.0 Å². The van der Waals surface area contributed by atoms with Crippen LogP contribution in [0.5, 0.6) is 11.5 Å².